The monoisotopic (exact) mass is 412 g/mol. The summed E-state index contributed by atoms with van der Waals surface area (Å²) in [5, 5.41) is 13.4. The van der Waals surface area contributed by atoms with Gasteiger partial charge < -0.3 is 20.5 Å². The largest absolute Gasteiger partial charge is 0.477 e. The lowest BCUT2D eigenvalue weighted by atomic mass is 10.1. The van der Waals surface area contributed by atoms with Crippen LogP contribution in [0, 0.1) is 0 Å². The highest BCUT2D eigenvalue weighted by Gasteiger charge is 2.10. The van der Waals surface area contributed by atoms with Gasteiger partial charge >= 0.3 is 11.9 Å². The molecule has 0 fully saturated rings. The molecule has 0 rings (SSSR count). The molecule has 0 aromatic carbocycles. The first-order valence-electron chi connectivity index (χ1n) is 9.99. The number of carbonyl (C=O) groups excluding carboxylic acids is 3. The second kappa shape index (κ2) is 18.7. The number of carbonyl (C=O) groups is 4. The van der Waals surface area contributed by atoms with Gasteiger partial charge in [0.25, 0.3) is 0 Å². The lowest BCUT2D eigenvalue weighted by Gasteiger charge is -2.05. The van der Waals surface area contributed by atoms with Gasteiger partial charge in [-0.1, -0.05) is 58.6 Å². The maximum absolute atomic E-state index is 11.3. The Hall–Kier alpha value is -2.64. The van der Waals surface area contributed by atoms with Crippen LogP contribution in [-0.2, 0) is 23.9 Å². The molecular weight excluding hydrogens is 376 g/mol. The summed E-state index contributed by atoms with van der Waals surface area (Å²) in [7, 11) is 1.25. The van der Waals surface area contributed by atoms with E-state index in [1.807, 2.05) is 6.92 Å². The zero-order valence-corrected chi connectivity index (χ0v) is 18.1. The van der Waals surface area contributed by atoms with E-state index in [1.54, 1.807) is 6.92 Å². The van der Waals surface area contributed by atoms with Gasteiger partial charge in [-0.3, -0.25) is 9.59 Å². The fraction of sp³-hybridized carbons (Fsp3) is 0.619. The molecule has 3 N–H and O–H groups in total. The minimum atomic E-state index is -1.10. The van der Waals surface area contributed by atoms with Gasteiger partial charge in [-0.2, -0.15) is 0 Å². The van der Waals surface area contributed by atoms with Crippen LogP contribution in [0.2, 0.25) is 0 Å². The highest BCUT2D eigenvalue weighted by molar-refractivity contribution is 5.93. The van der Waals surface area contributed by atoms with Crippen molar-refractivity contribution in [1.29, 1.82) is 0 Å². The molecule has 0 aliphatic heterocycles. The first-order chi connectivity index (χ1) is 13.7. The Morgan fingerprint density at radius 1 is 0.897 bits per heavy atom. The summed E-state index contributed by atoms with van der Waals surface area (Å²) in [6, 6.07) is 0. The lowest BCUT2D eigenvalue weighted by Crippen LogP contribution is -2.27. The molecule has 0 bridgehead atoms. The maximum Gasteiger partial charge on any atom is 0.353 e. The van der Waals surface area contributed by atoms with Gasteiger partial charge in [-0.25, -0.2) is 9.59 Å². The van der Waals surface area contributed by atoms with Crippen LogP contribution in [0.3, 0.4) is 0 Å². The van der Waals surface area contributed by atoms with Crippen LogP contribution < -0.4 is 10.6 Å². The number of esters is 1. The Labute approximate surface area is 173 Å². The second-order valence-corrected chi connectivity index (χ2v) is 6.34. The van der Waals surface area contributed by atoms with Crippen molar-refractivity contribution in [2.75, 3.05) is 7.11 Å². The fourth-order valence-corrected chi connectivity index (χ4v) is 2.11. The number of nitrogens with one attached hydrogen (secondary N) is 2. The Morgan fingerprint density at radius 2 is 1.38 bits per heavy atom. The van der Waals surface area contributed by atoms with Crippen molar-refractivity contribution in [3.05, 3.63) is 24.0 Å². The van der Waals surface area contributed by atoms with Crippen molar-refractivity contribution < 1.29 is 29.0 Å². The van der Waals surface area contributed by atoms with Crippen molar-refractivity contribution >= 4 is 23.8 Å². The quantitative estimate of drug-likeness (QED) is 0.242. The van der Waals surface area contributed by atoms with Crippen molar-refractivity contribution in [1.82, 2.24) is 10.6 Å². The Balaban J connectivity index is 0. The fourth-order valence-electron chi connectivity index (χ4n) is 2.11. The molecule has 29 heavy (non-hydrogen) atoms. The molecule has 0 unspecified atom stereocenters. The number of amides is 2. The van der Waals surface area contributed by atoms with Crippen LogP contribution in [0.1, 0.15) is 78.6 Å². The molecule has 0 aliphatic carbocycles. The third-order valence-electron chi connectivity index (χ3n) is 3.78. The molecule has 0 atom stereocenters. The molecule has 0 aromatic rings. The number of allylic oxidation sites excluding steroid dienone is 1. The SMILES string of the molecule is C=C(NC(=O)CCCCCC)C(=O)OC.CC=C(NC(=O)CCCCC)C(=O)O. The molecule has 0 aromatic heterocycles. The van der Waals surface area contributed by atoms with E-state index < -0.39 is 11.9 Å². The second-order valence-electron chi connectivity index (χ2n) is 6.34. The number of hydrogen-bond donors (Lipinski definition) is 3. The molecule has 8 nitrogen and oxygen atoms in total. The molecular formula is C21H36N2O6. The number of aliphatic carboxylic acids is 1. The summed E-state index contributed by atoms with van der Waals surface area (Å²) in [5.74, 6) is -2.11. The molecule has 166 valence electrons. The predicted octanol–water partition coefficient (Wildman–Crippen LogP) is 3.43. The van der Waals surface area contributed by atoms with Crippen LogP contribution in [0.15, 0.2) is 24.0 Å². The zero-order chi connectivity index (χ0) is 22.7. The molecule has 0 saturated carbocycles. The zero-order valence-electron chi connectivity index (χ0n) is 18.1. The number of rotatable bonds is 13. The third-order valence-corrected chi connectivity index (χ3v) is 3.78. The van der Waals surface area contributed by atoms with Crippen LogP contribution in [0.25, 0.3) is 0 Å². The normalized spacial score (nSPS) is 10.3. The average Bonchev–Trinajstić information content (AvgIpc) is 2.69. The number of ether oxygens (including phenoxy) is 1. The van der Waals surface area contributed by atoms with Crippen LogP contribution in [0.5, 0.6) is 0 Å². The van der Waals surface area contributed by atoms with E-state index in [9.17, 15) is 19.2 Å². The van der Waals surface area contributed by atoms with Gasteiger partial charge in [-0.15, -0.1) is 0 Å². The minimum absolute atomic E-state index is 0.00186. The van der Waals surface area contributed by atoms with Crippen molar-refractivity contribution in [3.8, 4) is 0 Å². The Morgan fingerprint density at radius 3 is 1.83 bits per heavy atom. The lowest BCUT2D eigenvalue weighted by molar-refractivity contribution is -0.137. The average molecular weight is 413 g/mol. The van der Waals surface area contributed by atoms with E-state index in [-0.39, 0.29) is 23.2 Å². The third kappa shape index (κ3) is 17.2. The molecule has 0 heterocycles. The summed E-state index contributed by atoms with van der Waals surface area (Å²) in [6.07, 6.45) is 9.17. The van der Waals surface area contributed by atoms with E-state index in [2.05, 4.69) is 28.9 Å². The summed E-state index contributed by atoms with van der Waals surface area (Å²) < 4.78 is 4.40. The molecule has 8 heteroatoms. The summed E-state index contributed by atoms with van der Waals surface area (Å²) in [4.78, 5) is 43.8. The first kappa shape index (κ1) is 28.6. The molecule has 0 radical (unpaired) electrons. The summed E-state index contributed by atoms with van der Waals surface area (Å²) in [6.45, 7) is 9.14. The van der Waals surface area contributed by atoms with Crippen molar-refractivity contribution in [2.24, 2.45) is 0 Å². The standard InChI is InChI=1S/C11H19NO3.C10H17NO3/c1-4-5-6-7-8-10(13)12-9(2)11(14)15-3;1-3-5-6-7-9(12)11-8(4-2)10(13)14/h2,4-8H2,1,3H3,(H,12,13);4H,3,5-7H2,1-2H3,(H,11,12)(H,13,14). The van der Waals surface area contributed by atoms with E-state index in [4.69, 9.17) is 5.11 Å². The first-order valence-corrected chi connectivity index (χ1v) is 9.99. The van der Waals surface area contributed by atoms with E-state index >= 15 is 0 Å². The summed E-state index contributed by atoms with van der Waals surface area (Å²) in [5.41, 5.74) is -0.0514. The minimum Gasteiger partial charge on any atom is -0.477 e. The van der Waals surface area contributed by atoms with Gasteiger partial charge in [0.15, 0.2) is 0 Å². The number of unbranched alkanes of at least 4 members (excludes halogenated alkanes) is 5. The maximum atomic E-state index is 11.3. The Kier molecular flexibility index (Phi) is 18.4. The Bertz CT molecular complexity index is 570. The van der Waals surface area contributed by atoms with Gasteiger partial charge in [0.1, 0.15) is 11.4 Å². The summed E-state index contributed by atoms with van der Waals surface area (Å²) >= 11 is 0. The molecule has 0 saturated heterocycles. The van der Waals surface area contributed by atoms with Gasteiger partial charge in [0, 0.05) is 12.8 Å². The van der Waals surface area contributed by atoms with Crippen LogP contribution in [-0.4, -0.2) is 36.0 Å². The molecule has 0 aliphatic rings. The van der Waals surface area contributed by atoms with Gasteiger partial charge in [0.05, 0.1) is 7.11 Å². The van der Waals surface area contributed by atoms with Crippen LogP contribution in [0.4, 0.5) is 0 Å². The van der Waals surface area contributed by atoms with Crippen molar-refractivity contribution in [2.45, 2.75) is 78.6 Å². The topological polar surface area (TPSA) is 122 Å². The van der Waals surface area contributed by atoms with E-state index in [1.165, 1.54) is 13.2 Å². The number of carboxylic acid groups (broad SMARTS) is 1. The highest BCUT2D eigenvalue weighted by atomic mass is 16.5. The van der Waals surface area contributed by atoms with Crippen molar-refractivity contribution in [3.63, 3.8) is 0 Å². The smallest absolute Gasteiger partial charge is 0.353 e. The number of hydrogen-bond acceptors (Lipinski definition) is 5. The van der Waals surface area contributed by atoms with E-state index in [0.29, 0.717) is 12.8 Å². The molecule has 0 spiro atoms. The number of methoxy groups -OCH3 is 1. The van der Waals surface area contributed by atoms with E-state index in [0.717, 1.165) is 44.9 Å². The molecule has 2 amide bonds. The van der Waals surface area contributed by atoms with Gasteiger partial charge in [0.2, 0.25) is 11.8 Å². The van der Waals surface area contributed by atoms with Crippen LogP contribution >= 0.6 is 0 Å². The van der Waals surface area contributed by atoms with Gasteiger partial charge in [-0.05, 0) is 19.8 Å². The highest BCUT2D eigenvalue weighted by Crippen LogP contribution is 2.03. The predicted molar refractivity (Wildman–Crippen MR) is 112 cm³/mol. The number of carboxylic acids is 1.